The lowest BCUT2D eigenvalue weighted by atomic mass is 9.92. The lowest BCUT2D eigenvalue weighted by molar-refractivity contribution is -0.0124. The van der Waals surface area contributed by atoms with Gasteiger partial charge in [-0.05, 0) is 38.0 Å². The normalized spacial score (nSPS) is 18.0. The topological polar surface area (TPSA) is 40.6 Å². The molecule has 1 aliphatic heterocycles. The van der Waals surface area contributed by atoms with Crippen molar-refractivity contribution in [3.05, 3.63) is 40.8 Å². The Morgan fingerprint density at radius 3 is 2.88 bits per heavy atom. The molecule has 0 fully saturated rings. The zero-order valence-corrected chi connectivity index (χ0v) is 14.7. The van der Waals surface area contributed by atoms with Crippen molar-refractivity contribution in [3.63, 3.8) is 0 Å². The molecule has 1 aromatic carbocycles. The van der Waals surface area contributed by atoms with E-state index in [1.807, 2.05) is 18.7 Å². The highest BCUT2D eigenvalue weighted by atomic mass is 19.3. The Balaban J connectivity index is 1.79. The van der Waals surface area contributed by atoms with Crippen molar-refractivity contribution < 1.29 is 17.9 Å². The molecule has 2 aromatic rings. The number of halogens is 3. The minimum absolute atomic E-state index is 0.126. The van der Waals surface area contributed by atoms with E-state index in [2.05, 4.69) is 9.98 Å². The Morgan fingerprint density at radius 2 is 2.12 bits per heavy atom. The number of benzene rings is 1. The number of anilines is 2. The number of aryl methyl sites for hydroxylation is 1. The van der Waals surface area contributed by atoms with Crippen LogP contribution >= 0.6 is 0 Å². The average Bonchev–Trinajstić information content (AvgIpc) is 2.91. The molecule has 4 rings (SSSR count). The van der Waals surface area contributed by atoms with Crippen molar-refractivity contribution in [3.8, 4) is 5.75 Å². The zero-order chi connectivity index (χ0) is 18.5. The van der Waals surface area contributed by atoms with Gasteiger partial charge in [-0.15, -0.1) is 0 Å². The van der Waals surface area contributed by atoms with Crippen molar-refractivity contribution in [2.75, 3.05) is 11.6 Å². The summed E-state index contributed by atoms with van der Waals surface area (Å²) in [5.41, 5.74) is 2.79. The zero-order valence-electron chi connectivity index (χ0n) is 14.7. The quantitative estimate of drug-likeness (QED) is 0.866. The summed E-state index contributed by atoms with van der Waals surface area (Å²) in [7, 11) is 0. The van der Waals surface area contributed by atoms with E-state index in [9.17, 15) is 13.2 Å². The largest absolute Gasteiger partial charge is 0.489 e. The second kappa shape index (κ2) is 6.07. The minimum atomic E-state index is -2.69. The van der Waals surface area contributed by atoms with E-state index in [0.29, 0.717) is 41.5 Å². The second-order valence-corrected chi connectivity index (χ2v) is 7.04. The number of fused-ring (bicyclic) bond motifs is 3. The predicted molar refractivity (Wildman–Crippen MR) is 94.5 cm³/mol. The van der Waals surface area contributed by atoms with Gasteiger partial charge < -0.3 is 14.6 Å². The summed E-state index contributed by atoms with van der Waals surface area (Å²) in [4.78, 5) is 9.47. The first-order chi connectivity index (χ1) is 12.3. The van der Waals surface area contributed by atoms with Crippen LogP contribution in [0.25, 0.3) is 0 Å². The van der Waals surface area contributed by atoms with E-state index in [1.54, 1.807) is 12.3 Å². The van der Waals surface area contributed by atoms with Gasteiger partial charge in [0.1, 0.15) is 24.1 Å². The van der Waals surface area contributed by atoms with Crippen LogP contribution in [0.15, 0.2) is 23.2 Å². The highest BCUT2D eigenvalue weighted by molar-refractivity contribution is 5.94. The van der Waals surface area contributed by atoms with Gasteiger partial charge in [0, 0.05) is 36.4 Å². The number of H-pyrrole nitrogens is 1. The average molecular weight is 363 g/mol. The fourth-order valence-corrected chi connectivity index (χ4v) is 3.55. The fourth-order valence-electron chi connectivity index (χ4n) is 3.55. The lowest BCUT2D eigenvalue weighted by Crippen LogP contribution is -2.26. The standard InChI is InChI=1S/C19H20F3N3O/c1-11(2)26-17-7-12(20)3-4-16(17)25-10-23-9-14-13-8-19(21,22)6-5-15(13)24-18(14)25/h3-4,7,9,11,24H,5-6,8,10H2,1-2H3. The van der Waals surface area contributed by atoms with E-state index in [0.717, 1.165) is 5.69 Å². The molecule has 1 aromatic heterocycles. The van der Waals surface area contributed by atoms with Crippen LogP contribution in [0.5, 0.6) is 5.75 Å². The van der Waals surface area contributed by atoms with Crippen LogP contribution in [0.1, 0.15) is 37.1 Å². The molecule has 0 amide bonds. The molecule has 138 valence electrons. The summed E-state index contributed by atoms with van der Waals surface area (Å²) in [6.45, 7) is 4.04. The summed E-state index contributed by atoms with van der Waals surface area (Å²) < 4.78 is 47.2. The number of alkyl halides is 2. The number of hydrogen-bond donors (Lipinski definition) is 1. The third kappa shape index (κ3) is 2.95. The molecule has 2 heterocycles. The lowest BCUT2D eigenvalue weighted by Gasteiger charge is -2.28. The number of ether oxygens (including phenoxy) is 1. The van der Waals surface area contributed by atoms with Gasteiger partial charge in [0.2, 0.25) is 0 Å². The molecule has 26 heavy (non-hydrogen) atoms. The summed E-state index contributed by atoms with van der Waals surface area (Å²) in [6, 6.07) is 4.33. The molecule has 0 atom stereocenters. The number of rotatable bonds is 3. The van der Waals surface area contributed by atoms with Crippen LogP contribution in [0.3, 0.4) is 0 Å². The summed E-state index contributed by atoms with van der Waals surface area (Å²) in [6.07, 6.45) is 1.38. The highest BCUT2D eigenvalue weighted by Crippen LogP contribution is 2.42. The molecule has 0 bridgehead atoms. The Kier molecular flexibility index (Phi) is 3.97. The first kappa shape index (κ1) is 17.0. The molecule has 0 unspecified atom stereocenters. The highest BCUT2D eigenvalue weighted by Gasteiger charge is 2.38. The molecule has 0 spiro atoms. The molecule has 4 nitrogen and oxygen atoms in total. The van der Waals surface area contributed by atoms with Gasteiger partial charge >= 0.3 is 0 Å². The van der Waals surface area contributed by atoms with Crippen molar-refractivity contribution in [2.45, 2.75) is 45.1 Å². The van der Waals surface area contributed by atoms with Crippen LogP contribution < -0.4 is 9.64 Å². The number of nitrogens with zero attached hydrogens (tertiary/aromatic N) is 2. The number of aromatic nitrogens is 1. The Bertz CT molecular complexity index is 873. The molecule has 0 saturated heterocycles. The van der Waals surface area contributed by atoms with Gasteiger partial charge in [-0.25, -0.2) is 13.2 Å². The molecular formula is C19H20F3N3O. The number of nitrogens with one attached hydrogen (secondary N) is 1. The first-order valence-electron chi connectivity index (χ1n) is 8.69. The van der Waals surface area contributed by atoms with E-state index < -0.39 is 11.7 Å². The third-order valence-corrected chi connectivity index (χ3v) is 4.68. The maximum atomic E-state index is 13.9. The van der Waals surface area contributed by atoms with Crippen molar-refractivity contribution in [1.82, 2.24) is 4.98 Å². The van der Waals surface area contributed by atoms with Crippen LogP contribution in [-0.2, 0) is 12.8 Å². The Hall–Kier alpha value is -2.44. The smallest absolute Gasteiger partial charge is 0.252 e. The number of hydrogen-bond acceptors (Lipinski definition) is 3. The number of aromatic amines is 1. The predicted octanol–water partition coefficient (Wildman–Crippen LogP) is 4.59. The van der Waals surface area contributed by atoms with E-state index in [1.165, 1.54) is 12.1 Å². The van der Waals surface area contributed by atoms with Crippen LogP contribution in [-0.4, -0.2) is 29.9 Å². The molecule has 0 saturated carbocycles. The molecule has 1 N–H and O–H groups in total. The Morgan fingerprint density at radius 1 is 1.31 bits per heavy atom. The van der Waals surface area contributed by atoms with Gasteiger partial charge in [0.25, 0.3) is 5.92 Å². The van der Waals surface area contributed by atoms with Gasteiger partial charge in [0.05, 0.1) is 11.8 Å². The minimum Gasteiger partial charge on any atom is -0.489 e. The van der Waals surface area contributed by atoms with Gasteiger partial charge in [-0.2, -0.15) is 0 Å². The second-order valence-electron chi connectivity index (χ2n) is 7.04. The van der Waals surface area contributed by atoms with Crippen molar-refractivity contribution in [2.24, 2.45) is 4.99 Å². The van der Waals surface area contributed by atoms with E-state index in [-0.39, 0.29) is 18.9 Å². The van der Waals surface area contributed by atoms with Gasteiger partial charge in [-0.3, -0.25) is 4.99 Å². The monoisotopic (exact) mass is 363 g/mol. The molecule has 7 heteroatoms. The summed E-state index contributed by atoms with van der Waals surface area (Å²) in [5, 5.41) is 0. The maximum Gasteiger partial charge on any atom is 0.252 e. The van der Waals surface area contributed by atoms with E-state index in [4.69, 9.17) is 4.74 Å². The maximum absolute atomic E-state index is 13.9. The molecule has 0 radical (unpaired) electrons. The third-order valence-electron chi connectivity index (χ3n) is 4.68. The van der Waals surface area contributed by atoms with Crippen LogP contribution in [0.2, 0.25) is 0 Å². The Labute approximate surface area is 149 Å². The van der Waals surface area contributed by atoms with E-state index >= 15 is 0 Å². The SMILES string of the molecule is CC(C)Oc1cc(F)ccc1N1CN=Cc2c1[nH]c1c2CC(F)(F)CC1. The first-order valence-corrected chi connectivity index (χ1v) is 8.69. The van der Waals surface area contributed by atoms with Gasteiger partial charge in [0.15, 0.2) is 0 Å². The fraction of sp³-hybridized carbons (Fsp3) is 0.421. The van der Waals surface area contributed by atoms with Gasteiger partial charge in [-0.1, -0.05) is 0 Å². The van der Waals surface area contributed by atoms with Crippen LogP contribution in [0.4, 0.5) is 24.7 Å². The molecule has 2 aliphatic rings. The number of aliphatic imine (C=N–C) groups is 1. The summed E-state index contributed by atoms with van der Waals surface area (Å²) >= 11 is 0. The van der Waals surface area contributed by atoms with Crippen molar-refractivity contribution >= 4 is 17.7 Å². The van der Waals surface area contributed by atoms with Crippen molar-refractivity contribution in [1.29, 1.82) is 0 Å². The molecule has 1 aliphatic carbocycles. The molecular weight excluding hydrogens is 343 g/mol. The van der Waals surface area contributed by atoms with Crippen LogP contribution in [0, 0.1) is 5.82 Å². The summed E-state index contributed by atoms with van der Waals surface area (Å²) in [5.74, 6) is -1.97.